The topological polar surface area (TPSA) is 69.7 Å². The predicted molar refractivity (Wildman–Crippen MR) is 147 cm³/mol. The molecule has 0 aromatic rings. The quantitative estimate of drug-likeness (QED) is 0.317. The van der Waals surface area contributed by atoms with Crippen LogP contribution < -0.4 is 0 Å². The third-order valence-electron chi connectivity index (χ3n) is 13.2. The molecule has 0 aromatic carbocycles. The lowest BCUT2D eigenvalue weighted by Gasteiger charge is -2.58. The highest BCUT2D eigenvalue weighted by Crippen LogP contribution is 2.80. The number of ketones is 1. The molecule has 0 saturated heterocycles. The summed E-state index contributed by atoms with van der Waals surface area (Å²) >= 11 is 0. The van der Waals surface area contributed by atoms with Crippen molar-refractivity contribution in [1.29, 1.82) is 0 Å². The molecule has 5 nitrogen and oxygen atoms in total. The van der Waals surface area contributed by atoms with Gasteiger partial charge >= 0.3 is 11.9 Å². The van der Waals surface area contributed by atoms with Crippen molar-refractivity contribution in [3.8, 4) is 0 Å². The van der Waals surface area contributed by atoms with E-state index in [0.29, 0.717) is 41.3 Å². The van der Waals surface area contributed by atoms with Crippen LogP contribution >= 0.6 is 0 Å². The number of ether oxygens (including phenoxy) is 2. The molecule has 0 aromatic heterocycles. The van der Waals surface area contributed by atoms with Gasteiger partial charge in [0.05, 0.1) is 0 Å². The fraction of sp³-hybridized carbons (Fsp3) is 0.909. The summed E-state index contributed by atoms with van der Waals surface area (Å²) < 4.78 is 12.1. The highest BCUT2D eigenvalue weighted by molar-refractivity contribution is 5.91. The number of esters is 2. The number of rotatable bonds is 8. The third-order valence-corrected chi connectivity index (χ3v) is 13.2. The maximum Gasteiger partial charge on any atom is 0.303 e. The molecule has 0 amide bonds. The lowest BCUT2D eigenvalue weighted by atomic mass is 9.45. The van der Waals surface area contributed by atoms with Gasteiger partial charge in [0.15, 0.2) is 0 Å². The minimum Gasteiger partial charge on any atom is -0.458 e. The maximum atomic E-state index is 13.7. The van der Waals surface area contributed by atoms with E-state index in [2.05, 4.69) is 41.5 Å². The number of carbonyl (C=O) groups excluding carboxylic acids is 3. The Hall–Kier alpha value is -1.39. The van der Waals surface area contributed by atoms with Crippen LogP contribution in [0.3, 0.4) is 0 Å². The van der Waals surface area contributed by atoms with Crippen LogP contribution in [-0.2, 0) is 23.9 Å². The first kappa shape index (κ1) is 28.1. The molecule has 0 aliphatic heterocycles. The van der Waals surface area contributed by atoms with Crippen molar-refractivity contribution in [2.75, 3.05) is 0 Å². The van der Waals surface area contributed by atoms with E-state index in [9.17, 15) is 14.4 Å². The second-order valence-electron chi connectivity index (χ2n) is 14.9. The summed E-state index contributed by atoms with van der Waals surface area (Å²) in [5.74, 6) is 3.20. The second kappa shape index (κ2) is 9.61. The van der Waals surface area contributed by atoms with E-state index >= 15 is 0 Å². The molecule has 1 spiro atoms. The van der Waals surface area contributed by atoms with Crippen LogP contribution in [0.1, 0.15) is 113 Å². The Labute approximate surface area is 230 Å². The molecule has 5 aliphatic carbocycles. The first-order valence-electron chi connectivity index (χ1n) is 15.7. The predicted octanol–water partition coefficient (Wildman–Crippen LogP) is 7.01. The molecule has 38 heavy (non-hydrogen) atoms. The minimum absolute atomic E-state index is 0.0247. The molecule has 0 radical (unpaired) electrons. The summed E-state index contributed by atoms with van der Waals surface area (Å²) in [5.41, 5.74) is 0.341. The summed E-state index contributed by atoms with van der Waals surface area (Å²) in [6, 6.07) is 0. The largest absolute Gasteiger partial charge is 0.458 e. The van der Waals surface area contributed by atoms with Crippen molar-refractivity contribution < 1.29 is 23.9 Å². The summed E-state index contributed by atoms with van der Waals surface area (Å²) in [7, 11) is 0. The van der Waals surface area contributed by atoms with E-state index in [0.717, 1.165) is 32.1 Å². The average molecular weight is 529 g/mol. The van der Waals surface area contributed by atoms with Crippen LogP contribution in [0, 0.1) is 63.6 Å². The van der Waals surface area contributed by atoms with Crippen LogP contribution in [-0.4, -0.2) is 29.9 Å². The van der Waals surface area contributed by atoms with Crippen molar-refractivity contribution in [2.24, 2.45) is 63.6 Å². The average Bonchev–Trinajstić information content (AvgIpc) is 3.36. The first-order valence-corrected chi connectivity index (χ1v) is 15.7. The molecule has 0 N–H and O–H groups in total. The van der Waals surface area contributed by atoms with E-state index in [-0.39, 0.29) is 40.0 Å². The zero-order valence-corrected chi connectivity index (χ0v) is 25.2. The second-order valence-corrected chi connectivity index (χ2v) is 14.9. The normalized spacial score (nSPS) is 44.2. The zero-order chi connectivity index (χ0) is 27.8. The summed E-state index contributed by atoms with van der Waals surface area (Å²) in [5, 5.41) is 0. The van der Waals surface area contributed by atoms with E-state index < -0.39 is 12.2 Å². The van der Waals surface area contributed by atoms with Gasteiger partial charge in [-0.25, -0.2) is 0 Å². The Morgan fingerprint density at radius 2 is 1.58 bits per heavy atom. The Kier molecular flexibility index (Phi) is 7.12. The molecule has 0 heterocycles. The van der Waals surface area contributed by atoms with E-state index in [4.69, 9.17) is 9.47 Å². The fourth-order valence-corrected chi connectivity index (χ4v) is 11.5. The minimum atomic E-state index is -0.460. The Morgan fingerprint density at radius 3 is 2.16 bits per heavy atom. The van der Waals surface area contributed by atoms with E-state index in [1.807, 2.05) is 0 Å². The highest BCUT2D eigenvalue weighted by atomic mass is 16.6. The van der Waals surface area contributed by atoms with Gasteiger partial charge in [0, 0.05) is 37.5 Å². The van der Waals surface area contributed by atoms with Crippen LogP contribution in [0.4, 0.5) is 0 Å². The number of Topliss-reactive ketones (excluding diaryl/α,β-unsaturated/α-hetero) is 1. The van der Waals surface area contributed by atoms with E-state index in [1.54, 1.807) is 0 Å². The van der Waals surface area contributed by atoms with Gasteiger partial charge in [-0.1, -0.05) is 41.5 Å². The molecule has 12 atom stereocenters. The number of fused-ring (bicyclic) bond motifs is 4. The maximum absolute atomic E-state index is 13.7. The van der Waals surface area contributed by atoms with Crippen molar-refractivity contribution in [3.05, 3.63) is 0 Å². The Bertz CT molecular complexity index is 972. The van der Waals surface area contributed by atoms with Crippen molar-refractivity contribution in [1.82, 2.24) is 0 Å². The smallest absolute Gasteiger partial charge is 0.303 e. The molecule has 5 saturated carbocycles. The number of hydrogen-bond donors (Lipinski definition) is 0. The molecule has 5 aliphatic rings. The van der Waals surface area contributed by atoms with Crippen molar-refractivity contribution in [3.63, 3.8) is 0 Å². The zero-order valence-electron chi connectivity index (χ0n) is 25.2. The first-order chi connectivity index (χ1) is 17.8. The van der Waals surface area contributed by atoms with Gasteiger partial charge in [-0.3, -0.25) is 14.4 Å². The van der Waals surface area contributed by atoms with E-state index in [1.165, 1.54) is 39.5 Å². The lowest BCUT2D eigenvalue weighted by molar-refractivity contribution is -0.182. The lowest BCUT2D eigenvalue weighted by Crippen LogP contribution is -2.56. The molecule has 0 bridgehead atoms. The van der Waals surface area contributed by atoms with Gasteiger partial charge in [-0.15, -0.1) is 0 Å². The SMILES string of the molecule is CC[C@@H](C(C)C)[C@H](OC(C)=O)[C@@H](OC(C)=O)[C@@H](C)[C@H]1CC[C@H]2[C@@H]3CC(=O)[C@]45C[C@@H]4CC[C@]5(C)[C@H]3CC[C@]12C. The van der Waals surface area contributed by atoms with Crippen LogP contribution in [0.15, 0.2) is 0 Å². The molecule has 5 rings (SSSR count). The molecule has 0 unspecified atom stereocenters. The fourth-order valence-electron chi connectivity index (χ4n) is 11.5. The molecular formula is C33H52O5. The summed E-state index contributed by atoms with van der Waals surface area (Å²) in [6.45, 7) is 16.6. The highest BCUT2D eigenvalue weighted by Gasteiger charge is 2.77. The van der Waals surface area contributed by atoms with Crippen molar-refractivity contribution in [2.45, 2.75) is 125 Å². The number of hydrogen-bond acceptors (Lipinski definition) is 5. The standard InChI is InChI=1S/C33H52O5/c1-9-23(18(2)3)30(38-21(6)35)29(37-20(5)34)19(4)25-10-11-26-24-16-28(36)33-17-22(33)12-15-32(33,8)27(24)13-14-31(25,26)7/h18-19,22-27,29-30H,9-17H2,1-8H3/t19-,22-,23-,24-,25+,26-,27-,29-,30-,31+,32+,33-/m0/s1. The van der Waals surface area contributed by atoms with Gasteiger partial charge in [-0.05, 0) is 97.7 Å². The van der Waals surface area contributed by atoms with Gasteiger partial charge in [0.2, 0.25) is 0 Å². The molecular weight excluding hydrogens is 476 g/mol. The van der Waals surface area contributed by atoms with Gasteiger partial charge in [0.25, 0.3) is 0 Å². The van der Waals surface area contributed by atoms with Gasteiger partial charge < -0.3 is 9.47 Å². The Morgan fingerprint density at radius 1 is 0.921 bits per heavy atom. The number of carbonyl (C=O) groups is 3. The van der Waals surface area contributed by atoms with Crippen LogP contribution in [0.25, 0.3) is 0 Å². The Balaban J connectivity index is 1.43. The van der Waals surface area contributed by atoms with Gasteiger partial charge in [0.1, 0.15) is 18.0 Å². The summed E-state index contributed by atoms with van der Waals surface area (Å²) in [4.78, 5) is 38.4. The monoisotopic (exact) mass is 528 g/mol. The molecule has 214 valence electrons. The molecule has 5 fully saturated rings. The van der Waals surface area contributed by atoms with Crippen molar-refractivity contribution >= 4 is 17.7 Å². The third kappa shape index (κ3) is 3.94. The summed E-state index contributed by atoms with van der Waals surface area (Å²) in [6.07, 6.45) is 9.02. The van der Waals surface area contributed by atoms with Gasteiger partial charge in [-0.2, -0.15) is 0 Å². The molecule has 5 heteroatoms. The van der Waals surface area contributed by atoms with Crippen LogP contribution in [0.2, 0.25) is 0 Å². The van der Waals surface area contributed by atoms with Crippen LogP contribution in [0.5, 0.6) is 0 Å².